The van der Waals surface area contributed by atoms with E-state index >= 15 is 0 Å². The highest BCUT2D eigenvalue weighted by molar-refractivity contribution is 8.14. The second kappa shape index (κ2) is 7.60. The van der Waals surface area contributed by atoms with Crippen LogP contribution < -0.4 is 10.6 Å². The van der Waals surface area contributed by atoms with E-state index in [-0.39, 0.29) is 35.8 Å². The molecule has 1 aliphatic heterocycles. The number of hydrogen-bond donors (Lipinski definition) is 2. The van der Waals surface area contributed by atoms with Gasteiger partial charge in [-0.15, -0.1) is 0 Å². The Morgan fingerprint density at radius 1 is 1.41 bits per heavy atom. The highest BCUT2D eigenvalue weighted by Crippen LogP contribution is 2.17. The second-order valence-corrected chi connectivity index (χ2v) is 5.32. The highest BCUT2D eigenvalue weighted by atomic mass is 32.2. The Labute approximate surface area is 130 Å². The van der Waals surface area contributed by atoms with Gasteiger partial charge >= 0.3 is 6.03 Å². The van der Waals surface area contributed by atoms with Crippen LogP contribution in [0.2, 0.25) is 0 Å². The van der Waals surface area contributed by atoms with E-state index in [1.807, 2.05) is 0 Å². The minimum atomic E-state index is -0.473. The number of carbonyl (C=O) groups is 3. The maximum absolute atomic E-state index is 12.9. The average molecular weight is 323 g/mol. The molecular formula is C14H14FN3O3S. The molecule has 1 aromatic carbocycles. The molecule has 116 valence electrons. The third-order valence-electron chi connectivity index (χ3n) is 2.80. The largest absolute Gasteiger partial charge is 0.336 e. The molecule has 2 N–H and O–H groups in total. The van der Waals surface area contributed by atoms with Gasteiger partial charge in [0.2, 0.25) is 5.91 Å². The lowest BCUT2D eigenvalue weighted by Gasteiger charge is -2.12. The van der Waals surface area contributed by atoms with Crippen LogP contribution in [-0.2, 0) is 4.79 Å². The number of rotatable bonds is 5. The lowest BCUT2D eigenvalue weighted by molar-refractivity contribution is -0.124. The van der Waals surface area contributed by atoms with Crippen LogP contribution >= 0.6 is 11.8 Å². The van der Waals surface area contributed by atoms with E-state index in [9.17, 15) is 18.8 Å². The third kappa shape index (κ3) is 4.59. The molecule has 0 bridgehead atoms. The molecule has 1 aliphatic rings. The molecule has 22 heavy (non-hydrogen) atoms. The Morgan fingerprint density at radius 2 is 2.23 bits per heavy atom. The summed E-state index contributed by atoms with van der Waals surface area (Å²) in [4.78, 5) is 35.2. The fourth-order valence-corrected chi connectivity index (χ4v) is 2.50. The Morgan fingerprint density at radius 3 is 2.91 bits per heavy atom. The van der Waals surface area contributed by atoms with E-state index in [1.54, 1.807) is 18.2 Å². The van der Waals surface area contributed by atoms with Gasteiger partial charge in [-0.3, -0.25) is 14.5 Å². The Hall–Kier alpha value is -2.35. The highest BCUT2D eigenvalue weighted by Gasteiger charge is 2.29. The van der Waals surface area contributed by atoms with Crippen molar-refractivity contribution in [3.8, 4) is 0 Å². The first-order chi connectivity index (χ1) is 10.6. The molecule has 4 amide bonds. The van der Waals surface area contributed by atoms with Crippen LogP contribution in [0.15, 0.2) is 30.5 Å². The number of benzene rings is 1. The van der Waals surface area contributed by atoms with Gasteiger partial charge in [-0.25, -0.2) is 9.18 Å². The maximum atomic E-state index is 12.9. The second-order valence-electron chi connectivity index (χ2n) is 4.39. The molecule has 1 saturated heterocycles. The summed E-state index contributed by atoms with van der Waals surface area (Å²) in [7, 11) is 0. The van der Waals surface area contributed by atoms with Gasteiger partial charge in [-0.05, 0) is 23.8 Å². The predicted molar refractivity (Wildman–Crippen MR) is 81.5 cm³/mol. The number of hydrogen-bond acceptors (Lipinski definition) is 4. The first-order valence-corrected chi connectivity index (χ1v) is 7.48. The summed E-state index contributed by atoms with van der Waals surface area (Å²) in [6.45, 7) is 0.309. The lowest BCUT2D eigenvalue weighted by atomic mass is 10.2. The maximum Gasteiger partial charge on any atom is 0.318 e. The lowest BCUT2D eigenvalue weighted by Crippen LogP contribution is -2.40. The van der Waals surface area contributed by atoms with Crippen molar-refractivity contribution in [3.63, 3.8) is 0 Å². The zero-order valence-electron chi connectivity index (χ0n) is 11.5. The summed E-state index contributed by atoms with van der Waals surface area (Å²) >= 11 is 0.952. The Kier molecular flexibility index (Phi) is 5.54. The molecule has 0 atom stereocenters. The molecule has 0 unspecified atom stereocenters. The molecule has 0 aromatic heterocycles. The predicted octanol–water partition coefficient (Wildman–Crippen LogP) is 1.79. The quantitative estimate of drug-likeness (QED) is 0.866. The van der Waals surface area contributed by atoms with Gasteiger partial charge in [0.15, 0.2) is 0 Å². The number of carbonyl (C=O) groups excluding carboxylic acids is 3. The molecule has 1 fully saturated rings. The van der Waals surface area contributed by atoms with Crippen molar-refractivity contribution in [2.24, 2.45) is 0 Å². The van der Waals surface area contributed by atoms with Crippen molar-refractivity contribution in [1.29, 1.82) is 0 Å². The summed E-state index contributed by atoms with van der Waals surface area (Å²) in [5.41, 5.74) is 0.616. The molecule has 6 nitrogen and oxygen atoms in total. The topological polar surface area (TPSA) is 78.5 Å². The molecule has 8 heteroatoms. The summed E-state index contributed by atoms with van der Waals surface area (Å²) < 4.78 is 12.9. The van der Waals surface area contributed by atoms with Crippen molar-refractivity contribution in [1.82, 2.24) is 15.5 Å². The van der Waals surface area contributed by atoms with Crippen LogP contribution in [0.1, 0.15) is 5.56 Å². The number of thioether (sulfide) groups is 1. The fourth-order valence-electron chi connectivity index (χ4n) is 1.75. The first kappa shape index (κ1) is 16.0. The summed E-state index contributed by atoms with van der Waals surface area (Å²) in [5.74, 6) is -0.450. The van der Waals surface area contributed by atoms with E-state index in [2.05, 4.69) is 10.6 Å². The Balaban J connectivity index is 1.70. The number of nitrogens with one attached hydrogen (secondary N) is 2. The number of nitrogens with zero attached hydrogens (tertiary/aromatic N) is 1. The monoisotopic (exact) mass is 323 g/mol. The number of amides is 4. The molecule has 1 aromatic rings. The van der Waals surface area contributed by atoms with Gasteiger partial charge in [-0.2, -0.15) is 0 Å². The van der Waals surface area contributed by atoms with Crippen molar-refractivity contribution < 1.29 is 18.8 Å². The van der Waals surface area contributed by atoms with Crippen LogP contribution in [0.25, 0.3) is 6.08 Å². The van der Waals surface area contributed by atoms with E-state index in [4.69, 9.17) is 0 Å². The first-order valence-electron chi connectivity index (χ1n) is 6.50. The van der Waals surface area contributed by atoms with Gasteiger partial charge in [0, 0.05) is 19.3 Å². The van der Waals surface area contributed by atoms with Crippen LogP contribution in [-0.4, -0.2) is 40.9 Å². The SMILES string of the molecule is O=C(N/C=C/c1cccc(F)c1)NCCN1C(=O)CSC1=O. The molecule has 0 saturated carbocycles. The number of imide groups is 1. The molecule has 1 heterocycles. The van der Waals surface area contributed by atoms with Gasteiger partial charge in [0.25, 0.3) is 5.24 Å². The van der Waals surface area contributed by atoms with Gasteiger partial charge < -0.3 is 10.6 Å². The van der Waals surface area contributed by atoms with Gasteiger partial charge in [0.05, 0.1) is 5.75 Å². The minimum absolute atomic E-state index is 0.145. The standard InChI is InChI=1S/C14H14FN3O3S/c15-11-3-1-2-10(8-11)4-5-16-13(20)17-6-7-18-12(19)9-22-14(18)21/h1-5,8H,6-7,9H2,(H2,16,17,20)/b5-4+. The van der Waals surface area contributed by atoms with Crippen molar-refractivity contribution in [2.75, 3.05) is 18.8 Å². The molecular weight excluding hydrogens is 309 g/mol. The third-order valence-corrected chi connectivity index (χ3v) is 3.66. The van der Waals surface area contributed by atoms with Crippen molar-refractivity contribution >= 4 is 35.0 Å². The van der Waals surface area contributed by atoms with E-state index in [0.29, 0.717) is 5.56 Å². The molecule has 0 spiro atoms. The van der Waals surface area contributed by atoms with E-state index < -0.39 is 6.03 Å². The van der Waals surface area contributed by atoms with Crippen molar-refractivity contribution in [3.05, 3.63) is 41.8 Å². The summed E-state index contributed by atoms with van der Waals surface area (Å²) in [5, 5.41) is 4.68. The van der Waals surface area contributed by atoms with Gasteiger partial charge in [-0.1, -0.05) is 23.9 Å². The average Bonchev–Trinajstić information content (AvgIpc) is 2.79. The zero-order valence-corrected chi connectivity index (χ0v) is 12.4. The fraction of sp³-hybridized carbons (Fsp3) is 0.214. The normalized spacial score (nSPS) is 14.7. The van der Waals surface area contributed by atoms with Crippen molar-refractivity contribution in [2.45, 2.75) is 0 Å². The Bertz CT molecular complexity index is 605. The number of halogens is 1. The van der Waals surface area contributed by atoms with Gasteiger partial charge in [0.1, 0.15) is 5.82 Å². The van der Waals surface area contributed by atoms with Crippen LogP contribution in [0.3, 0.4) is 0 Å². The van der Waals surface area contributed by atoms with E-state index in [1.165, 1.54) is 18.3 Å². The van der Waals surface area contributed by atoms with Crippen LogP contribution in [0.4, 0.5) is 14.0 Å². The summed E-state index contributed by atoms with van der Waals surface area (Å²) in [6.07, 6.45) is 2.93. The molecule has 2 rings (SSSR count). The zero-order chi connectivity index (χ0) is 15.9. The number of urea groups is 1. The van der Waals surface area contributed by atoms with Crippen LogP contribution in [0, 0.1) is 5.82 Å². The van der Waals surface area contributed by atoms with Crippen LogP contribution in [0.5, 0.6) is 0 Å². The minimum Gasteiger partial charge on any atom is -0.336 e. The molecule has 0 aliphatic carbocycles. The summed E-state index contributed by atoms with van der Waals surface area (Å²) in [6, 6.07) is 5.45. The van der Waals surface area contributed by atoms with E-state index in [0.717, 1.165) is 16.7 Å². The molecule has 0 radical (unpaired) electrons. The smallest absolute Gasteiger partial charge is 0.318 e.